The van der Waals surface area contributed by atoms with Crippen LogP contribution in [0, 0.1) is 0 Å². The molecular formula is C10H18N2S. The molecule has 0 aliphatic heterocycles. The van der Waals surface area contributed by atoms with Crippen LogP contribution in [-0.2, 0) is 0 Å². The van der Waals surface area contributed by atoms with Crippen LogP contribution < -0.4 is 5.73 Å². The van der Waals surface area contributed by atoms with Crippen LogP contribution in [0.3, 0.4) is 0 Å². The zero-order chi connectivity index (χ0) is 9.84. The van der Waals surface area contributed by atoms with E-state index in [-0.39, 0.29) is 6.04 Å². The maximum atomic E-state index is 5.75. The normalized spacial score (nSPS) is 13.6. The predicted octanol–water partition coefficient (Wildman–Crippen LogP) is 3.07. The second kappa shape index (κ2) is 4.72. The van der Waals surface area contributed by atoms with E-state index < -0.39 is 0 Å². The minimum Gasteiger partial charge on any atom is -0.323 e. The van der Waals surface area contributed by atoms with E-state index in [9.17, 15) is 0 Å². The lowest BCUT2D eigenvalue weighted by Gasteiger charge is -2.07. The Morgan fingerprint density at radius 3 is 2.46 bits per heavy atom. The Morgan fingerprint density at radius 2 is 2.08 bits per heavy atom. The van der Waals surface area contributed by atoms with Crippen LogP contribution in [0.1, 0.15) is 56.3 Å². The first-order valence-corrected chi connectivity index (χ1v) is 5.77. The molecule has 0 aromatic carbocycles. The van der Waals surface area contributed by atoms with Gasteiger partial charge in [-0.2, -0.15) is 0 Å². The van der Waals surface area contributed by atoms with Crippen molar-refractivity contribution in [3.05, 3.63) is 16.1 Å². The summed E-state index contributed by atoms with van der Waals surface area (Å²) in [5.74, 6) is 0.623. The van der Waals surface area contributed by atoms with Gasteiger partial charge in [0.25, 0.3) is 0 Å². The maximum absolute atomic E-state index is 5.75. The minimum atomic E-state index is 0.0689. The number of nitrogens with zero attached hydrogens (tertiary/aromatic N) is 1. The minimum absolute atomic E-state index is 0.0689. The Kier molecular flexibility index (Phi) is 3.88. The molecule has 0 saturated heterocycles. The zero-order valence-electron chi connectivity index (χ0n) is 8.58. The third kappa shape index (κ3) is 2.51. The third-order valence-corrected chi connectivity index (χ3v) is 3.37. The molecular weight excluding hydrogens is 180 g/mol. The zero-order valence-corrected chi connectivity index (χ0v) is 9.40. The smallest absolute Gasteiger partial charge is 0.0959 e. The number of aromatic nitrogens is 1. The van der Waals surface area contributed by atoms with Crippen LogP contribution in [0.4, 0.5) is 0 Å². The van der Waals surface area contributed by atoms with Gasteiger partial charge in [0, 0.05) is 17.3 Å². The molecule has 0 amide bonds. The van der Waals surface area contributed by atoms with Gasteiger partial charge in [0.1, 0.15) is 0 Å². The molecule has 0 saturated carbocycles. The standard InChI is InChI=1S/C10H18N2S/c1-4-8(5-2)10-12-9(6-13-10)7(3)11/h6-8H,4-5,11H2,1-3H3. The van der Waals surface area contributed by atoms with Gasteiger partial charge in [-0.1, -0.05) is 13.8 Å². The van der Waals surface area contributed by atoms with Crippen molar-refractivity contribution in [1.29, 1.82) is 0 Å². The van der Waals surface area contributed by atoms with Crippen molar-refractivity contribution < 1.29 is 0 Å². The fraction of sp³-hybridized carbons (Fsp3) is 0.700. The molecule has 13 heavy (non-hydrogen) atoms. The summed E-state index contributed by atoms with van der Waals surface area (Å²) in [6.45, 7) is 6.40. The molecule has 1 unspecified atom stereocenters. The van der Waals surface area contributed by atoms with Crippen LogP contribution >= 0.6 is 11.3 Å². The van der Waals surface area contributed by atoms with Crippen LogP contribution in [0.2, 0.25) is 0 Å². The molecule has 0 bridgehead atoms. The largest absolute Gasteiger partial charge is 0.323 e. The first-order valence-electron chi connectivity index (χ1n) is 4.89. The van der Waals surface area contributed by atoms with E-state index in [0.717, 1.165) is 5.69 Å². The van der Waals surface area contributed by atoms with Crippen LogP contribution in [0.15, 0.2) is 5.38 Å². The molecule has 1 aromatic rings. The van der Waals surface area contributed by atoms with Crippen molar-refractivity contribution in [1.82, 2.24) is 4.98 Å². The van der Waals surface area contributed by atoms with E-state index in [0.29, 0.717) is 5.92 Å². The summed E-state index contributed by atoms with van der Waals surface area (Å²) in [7, 11) is 0. The average molecular weight is 198 g/mol. The number of hydrogen-bond donors (Lipinski definition) is 1. The number of thiazole rings is 1. The van der Waals surface area contributed by atoms with Gasteiger partial charge in [-0.3, -0.25) is 0 Å². The molecule has 0 aliphatic carbocycles. The van der Waals surface area contributed by atoms with E-state index in [2.05, 4.69) is 24.2 Å². The Labute approximate surface area is 84.2 Å². The quantitative estimate of drug-likeness (QED) is 0.807. The Balaban J connectivity index is 2.78. The van der Waals surface area contributed by atoms with Gasteiger partial charge >= 0.3 is 0 Å². The van der Waals surface area contributed by atoms with Crippen molar-refractivity contribution in [2.45, 2.75) is 45.6 Å². The van der Waals surface area contributed by atoms with Gasteiger partial charge < -0.3 is 5.73 Å². The van der Waals surface area contributed by atoms with Crippen molar-refractivity contribution in [3.8, 4) is 0 Å². The summed E-state index contributed by atoms with van der Waals surface area (Å²) < 4.78 is 0. The van der Waals surface area contributed by atoms with Gasteiger partial charge in [0.15, 0.2) is 0 Å². The van der Waals surface area contributed by atoms with Crippen LogP contribution in [0.25, 0.3) is 0 Å². The molecule has 1 aromatic heterocycles. The van der Waals surface area contributed by atoms with Crippen molar-refractivity contribution in [2.75, 3.05) is 0 Å². The molecule has 2 N–H and O–H groups in total. The molecule has 0 spiro atoms. The van der Waals surface area contributed by atoms with Crippen molar-refractivity contribution in [2.24, 2.45) is 5.73 Å². The second-order valence-electron chi connectivity index (χ2n) is 3.41. The fourth-order valence-corrected chi connectivity index (χ4v) is 2.53. The summed E-state index contributed by atoms with van der Waals surface area (Å²) in [5, 5.41) is 3.33. The highest BCUT2D eigenvalue weighted by Crippen LogP contribution is 2.27. The molecule has 1 rings (SSSR count). The summed E-state index contributed by atoms with van der Waals surface area (Å²) in [6, 6.07) is 0.0689. The van der Waals surface area contributed by atoms with E-state index in [1.54, 1.807) is 11.3 Å². The van der Waals surface area contributed by atoms with E-state index in [4.69, 9.17) is 5.73 Å². The second-order valence-corrected chi connectivity index (χ2v) is 4.30. The SMILES string of the molecule is CCC(CC)c1nc(C(C)N)cs1. The van der Waals surface area contributed by atoms with E-state index >= 15 is 0 Å². The number of rotatable bonds is 4. The Hall–Kier alpha value is -0.410. The third-order valence-electron chi connectivity index (χ3n) is 2.34. The molecule has 74 valence electrons. The average Bonchev–Trinajstić information content (AvgIpc) is 2.56. The topological polar surface area (TPSA) is 38.9 Å². The monoisotopic (exact) mass is 198 g/mol. The van der Waals surface area contributed by atoms with Crippen molar-refractivity contribution >= 4 is 11.3 Å². The van der Waals surface area contributed by atoms with Gasteiger partial charge in [-0.05, 0) is 19.8 Å². The first kappa shape index (κ1) is 10.7. The Morgan fingerprint density at radius 1 is 1.46 bits per heavy atom. The molecule has 2 nitrogen and oxygen atoms in total. The first-order chi connectivity index (χ1) is 6.19. The molecule has 0 fully saturated rings. The Bertz CT molecular complexity index is 251. The lowest BCUT2D eigenvalue weighted by atomic mass is 10.1. The van der Waals surface area contributed by atoms with Gasteiger partial charge in [0.2, 0.25) is 0 Å². The molecule has 1 heterocycles. The van der Waals surface area contributed by atoms with Crippen LogP contribution in [0.5, 0.6) is 0 Å². The number of hydrogen-bond acceptors (Lipinski definition) is 3. The summed E-state index contributed by atoms with van der Waals surface area (Å²) in [5.41, 5.74) is 6.79. The summed E-state index contributed by atoms with van der Waals surface area (Å²) in [6.07, 6.45) is 2.34. The molecule has 0 aliphatic rings. The predicted molar refractivity (Wildman–Crippen MR) is 58.0 cm³/mol. The highest BCUT2D eigenvalue weighted by Gasteiger charge is 2.12. The summed E-state index contributed by atoms with van der Waals surface area (Å²) in [4.78, 5) is 4.55. The molecule has 3 heteroatoms. The highest BCUT2D eigenvalue weighted by molar-refractivity contribution is 7.09. The lowest BCUT2D eigenvalue weighted by Crippen LogP contribution is -2.05. The van der Waals surface area contributed by atoms with Gasteiger partial charge in [0.05, 0.1) is 10.7 Å². The van der Waals surface area contributed by atoms with Gasteiger partial charge in [-0.25, -0.2) is 4.98 Å². The van der Waals surface area contributed by atoms with E-state index in [1.807, 2.05) is 6.92 Å². The maximum Gasteiger partial charge on any atom is 0.0959 e. The van der Waals surface area contributed by atoms with E-state index in [1.165, 1.54) is 17.8 Å². The highest BCUT2D eigenvalue weighted by atomic mass is 32.1. The summed E-state index contributed by atoms with van der Waals surface area (Å²) >= 11 is 1.74. The molecule has 0 radical (unpaired) electrons. The lowest BCUT2D eigenvalue weighted by molar-refractivity contribution is 0.631. The number of nitrogens with two attached hydrogens (primary N) is 1. The van der Waals surface area contributed by atoms with Crippen LogP contribution in [-0.4, -0.2) is 4.98 Å². The van der Waals surface area contributed by atoms with Gasteiger partial charge in [-0.15, -0.1) is 11.3 Å². The van der Waals surface area contributed by atoms with Crippen molar-refractivity contribution in [3.63, 3.8) is 0 Å². The molecule has 1 atom stereocenters. The fourth-order valence-electron chi connectivity index (χ4n) is 1.34.